The van der Waals surface area contributed by atoms with Crippen molar-refractivity contribution < 1.29 is 14.3 Å². The molecule has 180 valence electrons. The molecule has 0 atom stereocenters. The number of hydrogen-bond donors (Lipinski definition) is 2. The third kappa shape index (κ3) is 5.77. The minimum absolute atomic E-state index is 0.173. The van der Waals surface area contributed by atoms with Crippen LogP contribution in [0.3, 0.4) is 0 Å². The predicted molar refractivity (Wildman–Crippen MR) is 139 cm³/mol. The van der Waals surface area contributed by atoms with Crippen LogP contribution in [0.4, 0.5) is 5.69 Å². The highest BCUT2D eigenvalue weighted by atomic mass is 16.5. The van der Waals surface area contributed by atoms with E-state index in [-0.39, 0.29) is 29.5 Å². The van der Waals surface area contributed by atoms with Crippen molar-refractivity contribution in [1.82, 2.24) is 9.97 Å². The Morgan fingerprint density at radius 2 is 1.92 bits per heavy atom. The Labute approximate surface area is 207 Å². The zero-order valence-corrected chi connectivity index (χ0v) is 19.9. The van der Waals surface area contributed by atoms with Gasteiger partial charge in [-0.1, -0.05) is 30.3 Å². The van der Waals surface area contributed by atoms with Gasteiger partial charge >= 0.3 is 0 Å². The highest BCUT2D eigenvalue weighted by molar-refractivity contribution is 5.92. The molecule has 0 saturated heterocycles. The fourth-order valence-corrected chi connectivity index (χ4v) is 3.60. The number of aryl methyl sites for hydroxylation is 1. The quantitative estimate of drug-likeness (QED) is 0.353. The number of benzene rings is 3. The summed E-state index contributed by atoms with van der Waals surface area (Å²) in [6.45, 7) is 3.96. The van der Waals surface area contributed by atoms with Crippen LogP contribution >= 0.6 is 0 Å². The monoisotopic (exact) mass is 480 g/mol. The number of nitrogens with one attached hydrogen (secondary N) is 2. The Balaban J connectivity index is 1.55. The molecular formula is C28H24N4O4. The Morgan fingerprint density at radius 1 is 1.08 bits per heavy atom. The van der Waals surface area contributed by atoms with Gasteiger partial charge in [0.1, 0.15) is 6.07 Å². The molecule has 0 unspecified atom stereocenters. The number of ether oxygens (including phenoxy) is 2. The summed E-state index contributed by atoms with van der Waals surface area (Å²) in [5.74, 6) is 0.688. The van der Waals surface area contributed by atoms with Gasteiger partial charge in [-0.25, -0.2) is 4.98 Å². The summed E-state index contributed by atoms with van der Waals surface area (Å²) in [6.07, 6.45) is 1.60. The van der Waals surface area contributed by atoms with Crippen LogP contribution in [0.2, 0.25) is 0 Å². The number of carbonyl (C=O) groups excluding carboxylic acids is 1. The van der Waals surface area contributed by atoms with E-state index >= 15 is 0 Å². The largest absolute Gasteiger partial charge is 0.490 e. The van der Waals surface area contributed by atoms with Crippen molar-refractivity contribution >= 4 is 34.1 Å². The van der Waals surface area contributed by atoms with Crippen molar-refractivity contribution in [2.75, 3.05) is 18.5 Å². The summed E-state index contributed by atoms with van der Waals surface area (Å²) in [4.78, 5) is 31.8. The maximum absolute atomic E-state index is 12.4. The zero-order chi connectivity index (χ0) is 25.5. The molecule has 0 aliphatic carbocycles. The highest BCUT2D eigenvalue weighted by Crippen LogP contribution is 2.30. The first-order valence-electron chi connectivity index (χ1n) is 11.3. The first-order chi connectivity index (χ1) is 17.5. The van der Waals surface area contributed by atoms with Crippen molar-refractivity contribution in [3.8, 4) is 17.6 Å². The first kappa shape index (κ1) is 24.2. The molecule has 0 radical (unpaired) electrons. The first-order valence-corrected chi connectivity index (χ1v) is 11.3. The molecule has 0 spiro atoms. The molecule has 0 aliphatic heterocycles. The topological polar surface area (TPSA) is 117 Å². The molecule has 4 rings (SSSR count). The van der Waals surface area contributed by atoms with Gasteiger partial charge in [-0.2, -0.15) is 5.26 Å². The third-order valence-electron chi connectivity index (χ3n) is 5.23. The summed E-state index contributed by atoms with van der Waals surface area (Å²) in [5, 5.41) is 13.0. The second-order valence-electron chi connectivity index (χ2n) is 7.95. The van der Waals surface area contributed by atoms with Gasteiger partial charge in [0.15, 0.2) is 23.9 Å². The number of aromatic nitrogens is 2. The maximum Gasteiger partial charge on any atom is 0.262 e. The Bertz CT molecular complexity index is 1550. The lowest BCUT2D eigenvalue weighted by Crippen LogP contribution is -2.20. The summed E-state index contributed by atoms with van der Waals surface area (Å²) in [5.41, 5.74) is 2.74. The number of H-pyrrole nitrogens is 1. The number of nitrogens with zero attached hydrogens (tertiary/aromatic N) is 2. The molecule has 36 heavy (non-hydrogen) atoms. The smallest absolute Gasteiger partial charge is 0.262 e. The third-order valence-corrected chi connectivity index (χ3v) is 5.23. The van der Waals surface area contributed by atoms with E-state index in [9.17, 15) is 14.9 Å². The molecule has 1 amide bonds. The normalized spacial score (nSPS) is 11.1. The van der Waals surface area contributed by atoms with Gasteiger partial charge in [-0.3, -0.25) is 9.59 Å². The van der Waals surface area contributed by atoms with Crippen LogP contribution in [0.5, 0.6) is 11.5 Å². The number of para-hydroxylation sites is 1. The molecule has 8 nitrogen and oxygen atoms in total. The molecule has 4 aromatic rings. The van der Waals surface area contributed by atoms with Crippen molar-refractivity contribution in [1.29, 1.82) is 5.26 Å². The van der Waals surface area contributed by atoms with E-state index in [1.165, 1.54) is 0 Å². The van der Waals surface area contributed by atoms with E-state index < -0.39 is 0 Å². The van der Waals surface area contributed by atoms with Crippen LogP contribution in [0.1, 0.15) is 23.9 Å². The van der Waals surface area contributed by atoms with Crippen LogP contribution < -0.4 is 20.3 Å². The van der Waals surface area contributed by atoms with Crippen LogP contribution in [0.15, 0.2) is 71.5 Å². The van der Waals surface area contributed by atoms with E-state index in [1.54, 1.807) is 48.5 Å². The number of aromatic amines is 1. The minimum atomic E-state index is -0.320. The van der Waals surface area contributed by atoms with Crippen molar-refractivity contribution in [2.24, 2.45) is 0 Å². The number of anilines is 1. The molecular weight excluding hydrogens is 456 g/mol. The molecule has 0 bridgehead atoms. The van der Waals surface area contributed by atoms with Gasteiger partial charge in [0.2, 0.25) is 0 Å². The summed E-state index contributed by atoms with van der Waals surface area (Å²) >= 11 is 0. The van der Waals surface area contributed by atoms with Gasteiger partial charge in [0.25, 0.3) is 11.5 Å². The van der Waals surface area contributed by atoms with Crippen molar-refractivity contribution in [3.05, 3.63) is 94.0 Å². The highest BCUT2D eigenvalue weighted by Gasteiger charge is 2.12. The summed E-state index contributed by atoms with van der Waals surface area (Å²) < 4.78 is 11.4. The fraction of sp³-hybridized carbons (Fsp3) is 0.143. The molecule has 3 aromatic carbocycles. The van der Waals surface area contributed by atoms with Gasteiger partial charge in [-0.05, 0) is 67.4 Å². The second kappa shape index (κ2) is 11.0. The van der Waals surface area contributed by atoms with Crippen LogP contribution in [-0.4, -0.2) is 29.1 Å². The van der Waals surface area contributed by atoms with Gasteiger partial charge < -0.3 is 19.8 Å². The molecule has 1 heterocycles. The lowest BCUT2D eigenvalue weighted by atomic mass is 10.1. The molecule has 1 aromatic heterocycles. The maximum atomic E-state index is 12.4. The molecule has 8 heteroatoms. The van der Waals surface area contributed by atoms with E-state index in [2.05, 4.69) is 21.4 Å². The number of nitriles is 1. The number of allylic oxidation sites excluding steroid dienone is 1. The number of fused-ring (bicyclic) bond motifs is 1. The number of amides is 1. The average molecular weight is 481 g/mol. The predicted octanol–water partition coefficient (Wildman–Crippen LogP) is 4.71. The summed E-state index contributed by atoms with van der Waals surface area (Å²) in [6, 6.07) is 21.6. The number of carbonyl (C=O) groups is 1. The van der Waals surface area contributed by atoms with Crippen molar-refractivity contribution in [2.45, 2.75) is 13.8 Å². The molecule has 0 aliphatic rings. The Hall–Kier alpha value is -4.90. The van der Waals surface area contributed by atoms with Gasteiger partial charge in [-0.15, -0.1) is 0 Å². The fourth-order valence-electron chi connectivity index (χ4n) is 3.60. The number of hydrogen-bond acceptors (Lipinski definition) is 6. The van der Waals surface area contributed by atoms with Crippen LogP contribution in [0, 0.1) is 18.3 Å². The summed E-state index contributed by atoms with van der Waals surface area (Å²) in [7, 11) is 0. The van der Waals surface area contributed by atoms with Crippen LogP contribution in [0.25, 0.3) is 22.6 Å². The lowest BCUT2D eigenvalue weighted by molar-refractivity contribution is -0.118. The van der Waals surface area contributed by atoms with E-state index in [0.717, 1.165) is 5.56 Å². The molecule has 0 fully saturated rings. The zero-order valence-electron chi connectivity index (χ0n) is 19.9. The second-order valence-corrected chi connectivity index (χ2v) is 7.95. The average Bonchev–Trinajstić information content (AvgIpc) is 2.87. The van der Waals surface area contributed by atoms with Gasteiger partial charge in [0.05, 0.1) is 23.1 Å². The van der Waals surface area contributed by atoms with Gasteiger partial charge in [0, 0.05) is 5.69 Å². The Kier molecular flexibility index (Phi) is 7.42. The van der Waals surface area contributed by atoms with Crippen molar-refractivity contribution in [3.63, 3.8) is 0 Å². The standard InChI is InChI=1S/C28H24N4O4/c1-3-35-25-15-19(11-12-24(25)36-17-26(33)30-21-8-6-7-18(2)13-21)14-20(16-29)27-31-23-10-5-4-9-22(23)28(34)32-27/h4-15H,3,17H2,1-2H3,(H,30,33)(H,31,32,34). The number of rotatable bonds is 8. The van der Waals surface area contributed by atoms with E-state index in [1.807, 2.05) is 38.1 Å². The molecule has 2 N–H and O–H groups in total. The van der Waals surface area contributed by atoms with E-state index in [0.29, 0.717) is 40.3 Å². The minimum Gasteiger partial charge on any atom is -0.490 e. The SMILES string of the molecule is CCOc1cc(C=C(C#N)c2nc3ccccc3c(=O)[nH]2)ccc1OCC(=O)Nc1cccc(C)c1. The molecule has 0 saturated carbocycles. The van der Waals surface area contributed by atoms with E-state index in [4.69, 9.17) is 9.47 Å². The van der Waals surface area contributed by atoms with Crippen LogP contribution in [-0.2, 0) is 4.79 Å². The Morgan fingerprint density at radius 3 is 2.69 bits per heavy atom. The lowest BCUT2D eigenvalue weighted by Gasteiger charge is -2.13.